The quantitative estimate of drug-likeness (QED) is 0.659. The van der Waals surface area contributed by atoms with E-state index in [1.807, 2.05) is 28.6 Å². The van der Waals surface area contributed by atoms with Crippen LogP contribution in [-0.2, 0) is 24.9 Å². The van der Waals surface area contributed by atoms with Crippen molar-refractivity contribution in [1.29, 1.82) is 0 Å². The van der Waals surface area contributed by atoms with E-state index in [2.05, 4.69) is 43.1 Å². The Labute approximate surface area is 171 Å². The summed E-state index contributed by atoms with van der Waals surface area (Å²) in [6.45, 7) is 6.77. The number of amides is 1. The number of hydrogen-bond donors (Lipinski definition) is 0. The number of nitrogens with zero attached hydrogens (tertiary/aromatic N) is 4. The minimum Gasteiger partial charge on any atom is -0.486 e. The van der Waals surface area contributed by atoms with Gasteiger partial charge in [-0.1, -0.05) is 30.8 Å². The number of ether oxygens (including phenoxy) is 1. The molecule has 0 spiro atoms. The summed E-state index contributed by atoms with van der Waals surface area (Å²) in [5.74, 6) is 2.13. The molecule has 1 aromatic carbocycles. The SMILES string of the molecule is CCc1ccc(OCc2nnc(SCC(=O)N3C(C)CCCC3C)n2C)cc1. The fourth-order valence-corrected chi connectivity index (χ4v) is 4.48. The molecule has 152 valence electrons. The van der Waals surface area contributed by atoms with Crippen LogP contribution in [0.5, 0.6) is 5.75 Å². The molecule has 2 unspecified atom stereocenters. The van der Waals surface area contributed by atoms with Gasteiger partial charge in [-0.25, -0.2) is 0 Å². The van der Waals surface area contributed by atoms with E-state index in [-0.39, 0.29) is 5.91 Å². The molecule has 1 aromatic heterocycles. The lowest BCUT2D eigenvalue weighted by Gasteiger charge is -2.39. The van der Waals surface area contributed by atoms with Crippen molar-refractivity contribution in [3.05, 3.63) is 35.7 Å². The van der Waals surface area contributed by atoms with Gasteiger partial charge in [-0.2, -0.15) is 0 Å². The monoisotopic (exact) mass is 402 g/mol. The van der Waals surface area contributed by atoms with Crippen molar-refractivity contribution >= 4 is 17.7 Å². The van der Waals surface area contributed by atoms with E-state index < -0.39 is 0 Å². The predicted molar refractivity (Wildman–Crippen MR) is 112 cm³/mol. The number of piperidine rings is 1. The Balaban J connectivity index is 1.54. The van der Waals surface area contributed by atoms with Crippen LogP contribution in [0.2, 0.25) is 0 Å². The summed E-state index contributed by atoms with van der Waals surface area (Å²) in [7, 11) is 1.91. The number of thioether (sulfide) groups is 1. The second-order valence-electron chi connectivity index (χ2n) is 7.46. The average Bonchev–Trinajstić information content (AvgIpc) is 3.04. The Hall–Kier alpha value is -2.02. The van der Waals surface area contributed by atoms with Crippen LogP contribution < -0.4 is 4.74 Å². The summed E-state index contributed by atoms with van der Waals surface area (Å²) in [6.07, 6.45) is 4.39. The van der Waals surface area contributed by atoms with E-state index >= 15 is 0 Å². The molecule has 3 rings (SSSR count). The third-order valence-electron chi connectivity index (χ3n) is 5.43. The molecule has 2 heterocycles. The van der Waals surface area contributed by atoms with Crippen molar-refractivity contribution in [3.63, 3.8) is 0 Å². The summed E-state index contributed by atoms with van der Waals surface area (Å²) < 4.78 is 7.73. The number of aromatic nitrogens is 3. The molecular formula is C21H30N4O2S. The molecule has 1 aliphatic heterocycles. The van der Waals surface area contributed by atoms with E-state index in [0.717, 1.165) is 36.0 Å². The molecule has 2 aromatic rings. The minimum absolute atomic E-state index is 0.182. The topological polar surface area (TPSA) is 60.3 Å². The number of likely N-dealkylation sites (tertiary alicyclic amines) is 1. The van der Waals surface area contributed by atoms with E-state index in [9.17, 15) is 4.79 Å². The highest BCUT2D eigenvalue weighted by molar-refractivity contribution is 7.99. The molecule has 28 heavy (non-hydrogen) atoms. The Morgan fingerprint density at radius 2 is 1.86 bits per heavy atom. The van der Waals surface area contributed by atoms with Gasteiger partial charge in [0, 0.05) is 19.1 Å². The molecule has 0 radical (unpaired) electrons. The van der Waals surface area contributed by atoms with Crippen LogP contribution in [0.3, 0.4) is 0 Å². The number of carbonyl (C=O) groups excluding carboxylic acids is 1. The average molecular weight is 403 g/mol. The molecule has 1 amide bonds. The Bertz CT molecular complexity index is 780. The summed E-state index contributed by atoms with van der Waals surface area (Å²) in [6, 6.07) is 8.73. The van der Waals surface area contributed by atoms with Crippen molar-refractivity contribution < 1.29 is 9.53 Å². The van der Waals surface area contributed by atoms with Gasteiger partial charge in [-0.3, -0.25) is 4.79 Å². The third kappa shape index (κ3) is 4.87. The second kappa shape index (κ2) is 9.45. The predicted octanol–water partition coefficient (Wildman–Crippen LogP) is 3.84. The van der Waals surface area contributed by atoms with E-state index in [1.54, 1.807) is 0 Å². The van der Waals surface area contributed by atoms with Crippen LogP contribution in [0.1, 0.15) is 51.4 Å². The van der Waals surface area contributed by atoms with Gasteiger partial charge in [-0.15, -0.1) is 10.2 Å². The van der Waals surface area contributed by atoms with E-state index in [4.69, 9.17) is 4.74 Å². The summed E-state index contributed by atoms with van der Waals surface area (Å²) in [5.41, 5.74) is 1.28. The molecule has 0 N–H and O–H groups in total. The van der Waals surface area contributed by atoms with Crippen LogP contribution >= 0.6 is 11.8 Å². The van der Waals surface area contributed by atoms with Gasteiger partial charge in [0.05, 0.1) is 5.75 Å². The first kappa shape index (κ1) is 20.7. The number of benzene rings is 1. The molecule has 1 saturated heterocycles. The summed E-state index contributed by atoms with van der Waals surface area (Å²) >= 11 is 1.44. The van der Waals surface area contributed by atoms with Crippen molar-refractivity contribution in [3.8, 4) is 5.75 Å². The molecule has 0 bridgehead atoms. The highest BCUT2D eigenvalue weighted by Gasteiger charge is 2.29. The van der Waals surface area contributed by atoms with Crippen LogP contribution in [-0.4, -0.2) is 43.4 Å². The lowest BCUT2D eigenvalue weighted by atomic mass is 9.98. The Kier molecular flexibility index (Phi) is 6.99. The van der Waals surface area contributed by atoms with Crippen LogP contribution in [0.15, 0.2) is 29.4 Å². The smallest absolute Gasteiger partial charge is 0.233 e. The molecule has 0 saturated carbocycles. The van der Waals surface area contributed by atoms with Gasteiger partial charge in [0.15, 0.2) is 11.0 Å². The lowest BCUT2D eigenvalue weighted by Crippen LogP contribution is -2.48. The maximum atomic E-state index is 12.7. The first-order valence-corrected chi connectivity index (χ1v) is 11.0. The number of rotatable bonds is 7. The lowest BCUT2D eigenvalue weighted by molar-refractivity contribution is -0.134. The fraction of sp³-hybridized carbons (Fsp3) is 0.571. The van der Waals surface area contributed by atoms with Gasteiger partial charge in [0.25, 0.3) is 0 Å². The zero-order valence-corrected chi connectivity index (χ0v) is 18.0. The first-order valence-electron chi connectivity index (χ1n) is 10.0. The highest BCUT2D eigenvalue weighted by atomic mass is 32.2. The molecule has 1 fully saturated rings. The Morgan fingerprint density at radius 3 is 2.50 bits per heavy atom. The van der Waals surface area contributed by atoms with Crippen LogP contribution in [0.25, 0.3) is 0 Å². The molecule has 6 nitrogen and oxygen atoms in total. The number of carbonyl (C=O) groups is 1. The van der Waals surface area contributed by atoms with Crippen molar-refractivity contribution in [2.75, 3.05) is 5.75 Å². The van der Waals surface area contributed by atoms with Crippen molar-refractivity contribution in [2.24, 2.45) is 7.05 Å². The Morgan fingerprint density at radius 1 is 1.18 bits per heavy atom. The minimum atomic E-state index is 0.182. The molecule has 1 aliphatic rings. The van der Waals surface area contributed by atoms with E-state index in [1.165, 1.54) is 23.7 Å². The summed E-state index contributed by atoms with van der Waals surface area (Å²) in [4.78, 5) is 14.7. The zero-order valence-electron chi connectivity index (χ0n) is 17.2. The largest absolute Gasteiger partial charge is 0.486 e. The molecular weight excluding hydrogens is 372 g/mol. The standard InChI is InChI=1S/C21H30N4O2S/c1-5-17-9-11-18(12-10-17)27-13-19-22-23-21(24(19)4)28-14-20(26)25-15(2)7-6-8-16(25)3/h9-12,15-16H,5-8,13-14H2,1-4H3. The van der Waals surface area contributed by atoms with Gasteiger partial charge >= 0.3 is 0 Å². The zero-order chi connectivity index (χ0) is 20.1. The van der Waals surface area contributed by atoms with Gasteiger partial charge in [0.2, 0.25) is 5.91 Å². The highest BCUT2D eigenvalue weighted by Crippen LogP contribution is 2.25. The fourth-order valence-electron chi connectivity index (χ4n) is 3.68. The van der Waals surface area contributed by atoms with Crippen LogP contribution in [0.4, 0.5) is 0 Å². The first-order chi connectivity index (χ1) is 13.5. The van der Waals surface area contributed by atoms with Gasteiger partial charge in [0.1, 0.15) is 12.4 Å². The van der Waals surface area contributed by atoms with Gasteiger partial charge in [-0.05, 0) is 57.2 Å². The number of aryl methyl sites for hydroxylation is 1. The molecule has 2 atom stereocenters. The number of hydrogen-bond acceptors (Lipinski definition) is 5. The second-order valence-corrected chi connectivity index (χ2v) is 8.41. The van der Waals surface area contributed by atoms with E-state index in [0.29, 0.717) is 24.4 Å². The third-order valence-corrected chi connectivity index (χ3v) is 6.44. The molecule has 7 heteroatoms. The van der Waals surface area contributed by atoms with Crippen LogP contribution in [0, 0.1) is 0 Å². The maximum absolute atomic E-state index is 12.7. The summed E-state index contributed by atoms with van der Waals surface area (Å²) in [5, 5.41) is 9.20. The van der Waals surface area contributed by atoms with Crippen molar-refractivity contribution in [2.45, 2.75) is 70.3 Å². The maximum Gasteiger partial charge on any atom is 0.233 e. The molecule has 0 aliphatic carbocycles. The normalized spacial score (nSPS) is 19.6. The van der Waals surface area contributed by atoms with Crippen molar-refractivity contribution in [1.82, 2.24) is 19.7 Å². The van der Waals surface area contributed by atoms with Gasteiger partial charge < -0.3 is 14.2 Å².